The Labute approximate surface area is 85.7 Å². The van der Waals surface area contributed by atoms with Crippen molar-refractivity contribution >= 4 is 12.4 Å². The maximum absolute atomic E-state index is 13.1. The van der Waals surface area contributed by atoms with Crippen LogP contribution in [0.4, 0.5) is 13.2 Å². The summed E-state index contributed by atoms with van der Waals surface area (Å²) in [6.07, 6.45) is 0. The van der Waals surface area contributed by atoms with Gasteiger partial charge >= 0.3 is 0 Å². The molecular formula is C9H9ClF3N. The predicted octanol–water partition coefficient (Wildman–Crippen LogP) is 2.44. The van der Waals surface area contributed by atoms with Crippen molar-refractivity contribution < 1.29 is 13.2 Å². The molecule has 1 aliphatic rings. The molecule has 0 spiro atoms. The van der Waals surface area contributed by atoms with Crippen LogP contribution >= 0.6 is 12.4 Å². The number of alkyl halides is 2. The van der Waals surface area contributed by atoms with E-state index in [9.17, 15) is 13.2 Å². The van der Waals surface area contributed by atoms with Gasteiger partial charge in [-0.2, -0.15) is 8.78 Å². The van der Waals surface area contributed by atoms with Crippen LogP contribution in [0.3, 0.4) is 0 Å². The molecule has 1 aliphatic heterocycles. The van der Waals surface area contributed by atoms with Crippen LogP contribution in [0.1, 0.15) is 11.1 Å². The number of nitrogens with one attached hydrogen (secondary N) is 1. The SMILES string of the molecule is Cl.Fc1ccc2c(c1)CNCC2(F)F. The Morgan fingerprint density at radius 1 is 1.29 bits per heavy atom. The fourth-order valence-electron chi connectivity index (χ4n) is 1.51. The van der Waals surface area contributed by atoms with E-state index in [2.05, 4.69) is 5.32 Å². The zero-order valence-corrected chi connectivity index (χ0v) is 8.00. The van der Waals surface area contributed by atoms with E-state index >= 15 is 0 Å². The van der Waals surface area contributed by atoms with Gasteiger partial charge in [-0.1, -0.05) is 0 Å². The topological polar surface area (TPSA) is 12.0 Å². The number of hydrogen-bond acceptors (Lipinski definition) is 1. The van der Waals surface area contributed by atoms with Crippen LogP contribution in [0.15, 0.2) is 18.2 Å². The fourth-order valence-corrected chi connectivity index (χ4v) is 1.51. The molecular weight excluding hydrogens is 215 g/mol. The van der Waals surface area contributed by atoms with Crippen LogP contribution in [0.25, 0.3) is 0 Å². The lowest BCUT2D eigenvalue weighted by Gasteiger charge is -2.25. The van der Waals surface area contributed by atoms with Crippen LogP contribution < -0.4 is 5.32 Å². The highest BCUT2D eigenvalue weighted by atomic mass is 35.5. The van der Waals surface area contributed by atoms with Gasteiger partial charge in [0, 0.05) is 12.1 Å². The van der Waals surface area contributed by atoms with Gasteiger partial charge in [0.15, 0.2) is 0 Å². The number of halogens is 4. The lowest BCUT2D eigenvalue weighted by atomic mass is 9.98. The number of hydrogen-bond donors (Lipinski definition) is 1. The van der Waals surface area contributed by atoms with Crippen LogP contribution in [-0.2, 0) is 12.5 Å². The molecule has 1 aromatic carbocycles. The van der Waals surface area contributed by atoms with Gasteiger partial charge in [0.25, 0.3) is 5.92 Å². The highest BCUT2D eigenvalue weighted by molar-refractivity contribution is 5.85. The Kier molecular flexibility index (Phi) is 3.07. The van der Waals surface area contributed by atoms with E-state index in [1.54, 1.807) is 0 Å². The average Bonchev–Trinajstić information content (AvgIpc) is 2.02. The van der Waals surface area contributed by atoms with Gasteiger partial charge in [-0.15, -0.1) is 12.4 Å². The molecule has 0 fully saturated rings. The summed E-state index contributed by atoms with van der Waals surface area (Å²) in [7, 11) is 0. The average molecular weight is 224 g/mol. The monoisotopic (exact) mass is 223 g/mol. The summed E-state index contributed by atoms with van der Waals surface area (Å²) < 4.78 is 39.0. The van der Waals surface area contributed by atoms with Gasteiger partial charge in [0.1, 0.15) is 5.82 Å². The quantitative estimate of drug-likeness (QED) is 0.713. The smallest absolute Gasteiger partial charge is 0.285 e. The molecule has 1 N–H and O–H groups in total. The first kappa shape index (κ1) is 11.3. The molecule has 1 heterocycles. The summed E-state index contributed by atoms with van der Waals surface area (Å²) in [4.78, 5) is 0. The van der Waals surface area contributed by atoms with Crippen LogP contribution in [0.2, 0.25) is 0 Å². The van der Waals surface area contributed by atoms with Crippen LogP contribution in [-0.4, -0.2) is 6.54 Å². The third-order valence-electron chi connectivity index (χ3n) is 2.12. The summed E-state index contributed by atoms with van der Waals surface area (Å²) in [5, 5.41) is 2.54. The number of rotatable bonds is 0. The first-order chi connectivity index (χ1) is 6.09. The Morgan fingerprint density at radius 3 is 2.71 bits per heavy atom. The van der Waals surface area contributed by atoms with Crippen molar-refractivity contribution in [3.63, 3.8) is 0 Å². The predicted molar refractivity (Wildman–Crippen MR) is 49.2 cm³/mol. The van der Waals surface area contributed by atoms with E-state index in [4.69, 9.17) is 0 Å². The van der Waals surface area contributed by atoms with Gasteiger partial charge in [-0.3, -0.25) is 0 Å². The lowest BCUT2D eigenvalue weighted by Crippen LogP contribution is -2.36. The van der Waals surface area contributed by atoms with Crippen LogP contribution in [0.5, 0.6) is 0 Å². The Morgan fingerprint density at radius 2 is 2.00 bits per heavy atom. The molecule has 0 radical (unpaired) electrons. The van der Waals surface area contributed by atoms with Gasteiger partial charge in [-0.25, -0.2) is 4.39 Å². The number of fused-ring (bicyclic) bond motifs is 1. The zero-order chi connectivity index (χ0) is 9.47. The Hall–Kier alpha value is -0.740. The second-order valence-corrected chi connectivity index (χ2v) is 3.11. The first-order valence-electron chi connectivity index (χ1n) is 3.97. The third-order valence-corrected chi connectivity index (χ3v) is 2.12. The highest BCUT2D eigenvalue weighted by Gasteiger charge is 2.36. The molecule has 1 nitrogen and oxygen atoms in total. The van der Waals surface area contributed by atoms with Gasteiger partial charge in [0.2, 0.25) is 0 Å². The third kappa shape index (κ3) is 1.86. The summed E-state index contributed by atoms with van der Waals surface area (Å²) in [5.74, 6) is -3.35. The minimum absolute atomic E-state index is 0. The van der Waals surface area contributed by atoms with Gasteiger partial charge < -0.3 is 5.32 Å². The summed E-state index contributed by atoms with van der Waals surface area (Å²) in [6.45, 7) is -0.0612. The molecule has 5 heteroatoms. The molecule has 0 bridgehead atoms. The summed E-state index contributed by atoms with van der Waals surface area (Å²) in [6, 6.07) is 3.37. The minimum Gasteiger partial charge on any atom is -0.307 e. The molecule has 0 unspecified atom stereocenters. The minimum atomic E-state index is -2.87. The molecule has 2 rings (SSSR count). The maximum Gasteiger partial charge on any atom is 0.285 e. The first-order valence-corrected chi connectivity index (χ1v) is 3.97. The van der Waals surface area contributed by atoms with Crippen molar-refractivity contribution in [2.45, 2.75) is 12.5 Å². The zero-order valence-electron chi connectivity index (χ0n) is 7.19. The molecule has 14 heavy (non-hydrogen) atoms. The van der Waals surface area contributed by atoms with Crippen molar-refractivity contribution in [3.8, 4) is 0 Å². The molecule has 0 saturated carbocycles. The molecule has 0 aromatic heterocycles. The van der Waals surface area contributed by atoms with Gasteiger partial charge in [-0.05, 0) is 23.8 Å². The maximum atomic E-state index is 13.1. The standard InChI is InChI=1S/C9H8F3N.ClH/c10-7-1-2-8-6(3-7)4-13-5-9(8,11)12;/h1-3,13H,4-5H2;1H. The Bertz CT molecular complexity index is 341. The summed E-state index contributed by atoms with van der Waals surface area (Å²) >= 11 is 0. The van der Waals surface area contributed by atoms with Crippen molar-refractivity contribution in [1.29, 1.82) is 0 Å². The second kappa shape index (κ2) is 3.79. The number of benzene rings is 1. The van der Waals surface area contributed by atoms with E-state index in [1.165, 1.54) is 0 Å². The van der Waals surface area contributed by atoms with Crippen molar-refractivity contribution in [2.24, 2.45) is 0 Å². The van der Waals surface area contributed by atoms with E-state index in [0.717, 1.165) is 18.2 Å². The second-order valence-electron chi connectivity index (χ2n) is 3.11. The molecule has 0 amide bonds. The van der Waals surface area contributed by atoms with Crippen molar-refractivity contribution in [3.05, 3.63) is 35.1 Å². The molecule has 0 saturated heterocycles. The largest absolute Gasteiger partial charge is 0.307 e. The van der Waals surface area contributed by atoms with Crippen molar-refractivity contribution in [1.82, 2.24) is 5.32 Å². The molecule has 0 atom stereocenters. The van der Waals surface area contributed by atoms with E-state index in [1.807, 2.05) is 0 Å². The molecule has 0 aliphatic carbocycles. The van der Waals surface area contributed by atoms with E-state index in [0.29, 0.717) is 12.1 Å². The molecule has 78 valence electrons. The fraction of sp³-hybridized carbons (Fsp3) is 0.333. The van der Waals surface area contributed by atoms with Crippen LogP contribution in [0, 0.1) is 5.82 Å². The Balaban J connectivity index is 0.000000980. The molecule has 1 aromatic rings. The highest BCUT2D eigenvalue weighted by Crippen LogP contribution is 2.33. The van der Waals surface area contributed by atoms with Gasteiger partial charge in [0.05, 0.1) is 6.54 Å². The summed E-state index contributed by atoms with van der Waals surface area (Å²) in [5.41, 5.74) is 0.281. The van der Waals surface area contributed by atoms with Crippen molar-refractivity contribution in [2.75, 3.05) is 6.54 Å². The van der Waals surface area contributed by atoms with E-state index < -0.39 is 11.7 Å². The normalized spacial score (nSPS) is 18.2. The lowest BCUT2D eigenvalue weighted by molar-refractivity contribution is -0.0108. The van der Waals surface area contributed by atoms with E-state index in [-0.39, 0.29) is 24.5 Å².